The maximum atomic E-state index is 12.0. The van der Waals surface area contributed by atoms with Crippen molar-refractivity contribution in [3.63, 3.8) is 0 Å². The van der Waals surface area contributed by atoms with Crippen LogP contribution < -0.4 is 10.0 Å². The summed E-state index contributed by atoms with van der Waals surface area (Å²) >= 11 is 0. The van der Waals surface area contributed by atoms with Gasteiger partial charge in [0.1, 0.15) is 0 Å². The lowest BCUT2D eigenvalue weighted by atomic mass is 10.3. The molecule has 0 bridgehead atoms. The molecule has 2 N–H and O–H groups in total. The molecule has 0 saturated heterocycles. The average molecular weight is 321 g/mol. The van der Waals surface area contributed by atoms with E-state index in [0.29, 0.717) is 32.2 Å². The third-order valence-corrected chi connectivity index (χ3v) is 4.99. The van der Waals surface area contributed by atoms with E-state index < -0.39 is 10.2 Å². The molecule has 1 fully saturated rings. The second kappa shape index (κ2) is 9.74. The summed E-state index contributed by atoms with van der Waals surface area (Å²) in [5.41, 5.74) is 0. The van der Waals surface area contributed by atoms with Gasteiger partial charge in [0.05, 0.1) is 0 Å². The van der Waals surface area contributed by atoms with E-state index in [-0.39, 0.29) is 0 Å². The standard InChI is InChI=1S/C14H31N3O3S/c1-13(2)15-8-4-10-17(3)21(18,19)16-9-5-11-20-12-14-6-7-14/h13-16H,4-12H2,1-3H3. The zero-order valence-electron chi connectivity index (χ0n) is 13.6. The molecule has 0 aromatic heterocycles. The van der Waals surface area contributed by atoms with E-state index in [0.717, 1.165) is 25.5 Å². The average Bonchev–Trinajstić information content (AvgIpc) is 3.22. The Morgan fingerprint density at radius 3 is 2.57 bits per heavy atom. The molecule has 1 aliphatic carbocycles. The van der Waals surface area contributed by atoms with Crippen molar-refractivity contribution in [2.75, 3.05) is 39.9 Å². The highest BCUT2D eigenvalue weighted by molar-refractivity contribution is 7.87. The van der Waals surface area contributed by atoms with Crippen LogP contribution in [0.2, 0.25) is 0 Å². The van der Waals surface area contributed by atoms with E-state index in [1.165, 1.54) is 17.1 Å². The third-order valence-electron chi connectivity index (χ3n) is 3.41. The molecule has 0 radical (unpaired) electrons. The van der Waals surface area contributed by atoms with Crippen LogP contribution in [0.4, 0.5) is 0 Å². The van der Waals surface area contributed by atoms with Gasteiger partial charge in [0.15, 0.2) is 0 Å². The topological polar surface area (TPSA) is 70.7 Å². The van der Waals surface area contributed by atoms with Gasteiger partial charge in [-0.3, -0.25) is 0 Å². The van der Waals surface area contributed by atoms with Gasteiger partial charge in [-0.15, -0.1) is 0 Å². The van der Waals surface area contributed by atoms with E-state index in [1.807, 2.05) is 0 Å². The first-order valence-electron chi connectivity index (χ1n) is 7.94. The molecule has 0 unspecified atom stereocenters. The molecule has 1 aliphatic rings. The Kier molecular flexibility index (Phi) is 8.73. The van der Waals surface area contributed by atoms with Gasteiger partial charge in [0.25, 0.3) is 10.2 Å². The highest BCUT2D eigenvalue weighted by Crippen LogP contribution is 2.28. The van der Waals surface area contributed by atoms with Crippen molar-refractivity contribution < 1.29 is 13.2 Å². The zero-order chi connectivity index (χ0) is 15.7. The Morgan fingerprint density at radius 1 is 1.24 bits per heavy atom. The summed E-state index contributed by atoms with van der Waals surface area (Å²) in [5.74, 6) is 0.757. The Labute approximate surface area is 129 Å². The molecule has 6 nitrogen and oxygen atoms in total. The lowest BCUT2D eigenvalue weighted by molar-refractivity contribution is 0.123. The van der Waals surface area contributed by atoms with Gasteiger partial charge in [0, 0.05) is 39.4 Å². The molecular weight excluding hydrogens is 290 g/mol. The minimum absolute atomic E-state index is 0.431. The summed E-state index contributed by atoms with van der Waals surface area (Å²) in [6.07, 6.45) is 4.08. The summed E-state index contributed by atoms with van der Waals surface area (Å²) in [5, 5.41) is 3.27. The van der Waals surface area contributed by atoms with E-state index >= 15 is 0 Å². The predicted molar refractivity (Wildman–Crippen MR) is 85.5 cm³/mol. The Bertz CT molecular complexity index is 370. The zero-order valence-corrected chi connectivity index (χ0v) is 14.4. The van der Waals surface area contributed by atoms with Gasteiger partial charge in [-0.1, -0.05) is 13.8 Å². The molecule has 0 atom stereocenters. The van der Waals surface area contributed by atoms with Crippen molar-refractivity contribution in [2.45, 2.75) is 45.6 Å². The maximum Gasteiger partial charge on any atom is 0.279 e. The molecule has 126 valence electrons. The molecule has 1 saturated carbocycles. The Hall–Kier alpha value is -0.210. The van der Waals surface area contributed by atoms with E-state index in [1.54, 1.807) is 7.05 Å². The predicted octanol–water partition coefficient (Wildman–Crippen LogP) is 0.957. The largest absolute Gasteiger partial charge is 0.381 e. The number of hydrogen-bond donors (Lipinski definition) is 2. The van der Waals surface area contributed by atoms with Gasteiger partial charge >= 0.3 is 0 Å². The molecule has 0 heterocycles. The normalized spacial score (nSPS) is 16.0. The van der Waals surface area contributed by atoms with Gasteiger partial charge in [-0.2, -0.15) is 12.7 Å². The lowest BCUT2D eigenvalue weighted by Gasteiger charge is -2.18. The first-order valence-corrected chi connectivity index (χ1v) is 9.38. The fraction of sp³-hybridized carbons (Fsp3) is 1.00. The molecule has 0 aromatic carbocycles. The molecule has 0 aromatic rings. The van der Waals surface area contributed by atoms with E-state index in [4.69, 9.17) is 4.74 Å². The van der Waals surface area contributed by atoms with Crippen LogP contribution in [0.3, 0.4) is 0 Å². The lowest BCUT2D eigenvalue weighted by Crippen LogP contribution is -2.40. The number of nitrogens with zero attached hydrogens (tertiary/aromatic N) is 1. The first-order chi connectivity index (χ1) is 9.92. The van der Waals surface area contributed by atoms with Crippen molar-refractivity contribution in [3.05, 3.63) is 0 Å². The highest BCUT2D eigenvalue weighted by Gasteiger charge is 2.21. The third kappa shape index (κ3) is 9.42. The fourth-order valence-electron chi connectivity index (χ4n) is 1.83. The fourth-order valence-corrected chi connectivity index (χ4v) is 2.82. The Morgan fingerprint density at radius 2 is 1.95 bits per heavy atom. The number of nitrogens with one attached hydrogen (secondary N) is 2. The quantitative estimate of drug-likeness (QED) is 0.496. The molecule has 0 aliphatic heterocycles. The number of ether oxygens (including phenoxy) is 1. The molecule has 7 heteroatoms. The maximum absolute atomic E-state index is 12.0. The number of rotatable bonds is 13. The van der Waals surface area contributed by atoms with Crippen molar-refractivity contribution in [1.82, 2.24) is 14.3 Å². The summed E-state index contributed by atoms with van der Waals surface area (Å²) in [4.78, 5) is 0. The molecule has 0 spiro atoms. The van der Waals surface area contributed by atoms with Crippen molar-refractivity contribution in [1.29, 1.82) is 0 Å². The van der Waals surface area contributed by atoms with Crippen molar-refractivity contribution in [2.24, 2.45) is 5.92 Å². The monoisotopic (exact) mass is 321 g/mol. The van der Waals surface area contributed by atoms with Crippen LogP contribution >= 0.6 is 0 Å². The molecular formula is C14H31N3O3S. The smallest absolute Gasteiger partial charge is 0.279 e. The summed E-state index contributed by atoms with van der Waals surface area (Å²) in [6.45, 7) is 7.39. The highest BCUT2D eigenvalue weighted by atomic mass is 32.2. The number of hydrogen-bond acceptors (Lipinski definition) is 4. The summed E-state index contributed by atoms with van der Waals surface area (Å²) < 4.78 is 33.4. The van der Waals surface area contributed by atoms with E-state index in [9.17, 15) is 8.42 Å². The second-order valence-electron chi connectivity index (χ2n) is 6.06. The van der Waals surface area contributed by atoms with Crippen LogP contribution in [0.15, 0.2) is 0 Å². The summed E-state index contributed by atoms with van der Waals surface area (Å²) in [6, 6.07) is 0.431. The van der Waals surface area contributed by atoms with Gasteiger partial charge in [-0.25, -0.2) is 4.72 Å². The van der Waals surface area contributed by atoms with Gasteiger partial charge < -0.3 is 10.1 Å². The summed E-state index contributed by atoms with van der Waals surface area (Å²) in [7, 11) is -1.74. The molecule has 1 rings (SSSR count). The van der Waals surface area contributed by atoms with Gasteiger partial charge in [0.2, 0.25) is 0 Å². The first kappa shape index (κ1) is 18.8. The minimum atomic E-state index is -3.35. The van der Waals surface area contributed by atoms with E-state index in [2.05, 4.69) is 23.9 Å². The van der Waals surface area contributed by atoms with Crippen molar-refractivity contribution in [3.8, 4) is 0 Å². The minimum Gasteiger partial charge on any atom is -0.381 e. The van der Waals surface area contributed by atoms with Crippen LogP contribution in [-0.4, -0.2) is 58.7 Å². The van der Waals surface area contributed by atoms with Crippen LogP contribution in [-0.2, 0) is 14.9 Å². The SMILES string of the molecule is CC(C)NCCCN(C)S(=O)(=O)NCCCOCC1CC1. The second-order valence-corrected chi connectivity index (χ2v) is 7.92. The van der Waals surface area contributed by atoms with Crippen LogP contribution in [0.1, 0.15) is 39.5 Å². The molecule has 21 heavy (non-hydrogen) atoms. The Balaban J connectivity index is 2.03. The van der Waals surface area contributed by atoms with Crippen LogP contribution in [0.5, 0.6) is 0 Å². The van der Waals surface area contributed by atoms with Gasteiger partial charge in [-0.05, 0) is 38.1 Å². The van der Waals surface area contributed by atoms with Crippen LogP contribution in [0.25, 0.3) is 0 Å². The molecule has 0 amide bonds. The van der Waals surface area contributed by atoms with Crippen LogP contribution in [0, 0.1) is 5.92 Å². The van der Waals surface area contributed by atoms with Crippen molar-refractivity contribution >= 4 is 10.2 Å².